The number of carboxylic acids is 1. The Bertz CT molecular complexity index is 921. The summed E-state index contributed by atoms with van der Waals surface area (Å²) in [5.74, 6) is -5.32. The minimum atomic E-state index is -1.52. The summed E-state index contributed by atoms with van der Waals surface area (Å²) >= 11 is 0. The van der Waals surface area contributed by atoms with Crippen molar-refractivity contribution in [2.75, 3.05) is 25.6 Å². The molecule has 0 saturated carbocycles. The van der Waals surface area contributed by atoms with Crippen LogP contribution in [0.3, 0.4) is 0 Å². The van der Waals surface area contributed by atoms with E-state index in [1.54, 1.807) is 5.32 Å². The topological polar surface area (TPSA) is 132 Å². The molecule has 4 atom stereocenters. The lowest BCUT2D eigenvalue weighted by atomic mass is 9.76. The first-order chi connectivity index (χ1) is 13.8. The van der Waals surface area contributed by atoms with E-state index < -0.39 is 52.9 Å². The van der Waals surface area contributed by atoms with Crippen molar-refractivity contribution in [2.45, 2.75) is 24.4 Å². The SMILES string of the molecule is COCCN1C(=O)[C@H]2[C@@H](C1=O)[C@]1([NH2+][C@@H]2CCC(=O)[O-])C(=O)Nc2ccc(F)cc21. The van der Waals surface area contributed by atoms with Gasteiger partial charge in [0.2, 0.25) is 17.4 Å². The molecule has 3 heterocycles. The number of ether oxygens (including phenoxy) is 1. The smallest absolute Gasteiger partial charge is 0.291 e. The second-order valence-corrected chi connectivity index (χ2v) is 7.58. The predicted octanol–water partition coefficient (Wildman–Crippen LogP) is -2.30. The number of hydrogen-bond acceptors (Lipinski definition) is 6. The summed E-state index contributed by atoms with van der Waals surface area (Å²) in [6.07, 6.45) is -0.280. The van der Waals surface area contributed by atoms with Crippen molar-refractivity contribution in [3.8, 4) is 0 Å². The Kier molecular flexibility index (Phi) is 4.62. The molecular formula is C19H20FN3O6. The van der Waals surface area contributed by atoms with Gasteiger partial charge in [-0.1, -0.05) is 0 Å². The molecule has 2 fully saturated rings. The number of quaternary nitrogens is 1. The number of likely N-dealkylation sites (tertiary alicyclic amines) is 1. The van der Waals surface area contributed by atoms with Crippen LogP contribution in [-0.4, -0.2) is 54.9 Å². The van der Waals surface area contributed by atoms with Gasteiger partial charge in [0.1, 0.15) is 23.7 Å². The number of amides is 3. The highest BCUT2D eigenvalue weighted by atomic mass is 19.1. The molecule has 1 spiro atoms. The lowest BCUT2D eigenvalue weighted by molar-refractivity contribution is -0.734. The van der Waals surface area contributed by atoms with Crippen molar-refractivity contribution in [3.63, 3.8) is 0 Å². The first-order valence-electron chi connectivity index (χ1n) is 9.32. The van der Waals surface area contributed by atoms with Crippen LogP contribution in [0.1, 0.15) is 18.4 Å². The Hall–Kier alpha value is -2.85. The normalized spacial score (nSPS) is 30.1. The van der Waals surface area contributed by atoms with Crippen molar-refractivity contribution in [1.82, 2.24) is 4.90 Å². The number of halogens is 1. The van der Waals surface area contributed by atoms with Crippen LogP contribution in [0.4, 0.5) is 10.1 Å². The number of imide groups is 1. The fourth-order valence-electron chi connectivity index (χ4n) is 4.95. The number of carboxylic acid groups (broad SMARTS) is 1. The van der Waals surface area contributed by atoms with Gasteiger partial charge < -0.3 is 25.3 Å². The zero-order valence-corrected chi connectivity index (χ0v) is 15.6. The summed E-state index contributed by atoms with van der Waals surface area (Å²) in [7, 11) is 1.44. The summed E-state index contributed by atoms with van der Waals surface area (Å²) < 4.78 is 19.0. The molecule has 1 aromatic rings. The minimum absolute atomic E-state index is 0.0298. The molecule has 1 aromatic carbocycles. The Morgan fingerprint density at radius 2 is 2.10 bits per heavy atom. The van der Waals surface area contributed by atoms with Gasteiger partial charge >= 0.3 is 0 Å². The Morgan fingerprint density at radius 3 is 2.79 bits per heavy atom. The summed E-state index contributed by atoms with van der Waals surface area (Å²) in [4.78, 5) is 51.4. The number of rotatable bonds is 6. The maximum Gasteiger partial charge on any atom is 0.291 e. The van der Waals surface area contributed by atoms with Gasteiger partial charge in [-0.2, -0.15) is 0 Å². The van der Waals surface area contributed by atoms with E-state index >= 15 is 0 Å². The summed E-state index contributed by atoms with van der Waals surface area (Å²) in [5, 5.41) is 15.2. The van der Waals surface area contributed by atoms with E-state index in [1.165, 1.54) is 25.3 Å². The van der Waals surface area contributed by atoms with Gasteiger partial charge in [-0.15, -0.1) is 0 Å². The molecule has 0 unspecified atom stereocenters. The number of fused-ring (bicyclic) bond motifs is 4. The van der Waals surface area contributed by atoms with Crippen LogP contribution in [0.15, 0.2) is 18.2 Å². The van der Waals surface area contributed by atoms with Gasteiger partial charge in [0.25, 0.3) is 5.91 Å². The van der Waals surface area contributed by atoms with E-state index in [-0.39, 0.29) is 26.0 Å². The number of nitrogens with one attached hydrogen (secondary N) is 1. The molecule has 0 aromatic heterocycles. The zero-order valence-electron chi connectivity index (χ0n) is 15.6. The molecule has 0 radical (unpaired) electrons. The second-order valence-electron chi connectivity index (χ2n) is 7.58. The predicted molar refractivity (Wildman–Crippen MR) is 92.2 cm³/mol. The van der Waals surface area contributed by atoms with Crippen LogP contribution >= 0.6 is 0 Å². The second kappa shape index (κ2) is 6.89. The van der Waals surface area contributed by atoms with Crippen LogP contribution < -0.4 is 15.7 Å². The van der Waals surface area contributed by atoms with E-state index in [2.05, 4.69) is 5.32 Å². The highest BCUT2D eigenvalue weighted by molar-refractivity contribution is 6.13. The number of carbonyl (C=O) groups excluding carboxylic acids is 4. The molecule has 3 amide bonds. The standard InChI is InChI=1S/C19H20FN3O6/c1-29-7-6-23-16(26)14-12(4-5-13(24)25)22-19(15(14)17(23)27)10-8-9(20)2-3-11(10)21-18(19)28/h2-3,8,12,14-15,22H,4-7H2,1H3,(H,21,28)(H,24,25)/t12-,14-,15+,19+/m1/s1. The Morgan fingerprint density at radius 1 is 1.34 bits per heavy atom. The van der Waals surface area contributed by atoms with Gasteiger partial charge in [-0.25, -0.2) is 4.39 Å². The van der Waals surface area contributed by atoms with E-state index in [1.807, 2.05) is 0 Å². The van der Waals surface area contributed by atoms with Gasteiger partial charge in [0.05, 0.1) is 18.8 Å². The van der Waals surface area contributed by atoms with Crippen molar-refractivity contribution >= 4 is 29.4 Å². The summed E-state index contributed by atoms with van der Waals surface area (Å²) in [5.41, 5.74) is -0.849. The molecule has 3 N–H and O–H groups in total. The number of hydrogen-bond donors (Lipinski definition) is 2. The lowest BCUT2D eigenvalue weighted by Gasteiger charge is -2.26. The fraction of sp³-hybridized carbons (Fsp3) is 0.474. The molecule has 2 saturated heterocycles. The van der Waals surface area contributed by atoms with Gasteiger partial charge in [0.15, 0.2) is 0 Å². The first-order valence-corrected chi connectivity index (χ1v) is 9.32. The van der Waals surface area contributed by atoms with E-state index in [0.29, 0.717) is 11.3 Å². The summed E-state index contributed by atoms with van der Waals surface area (Å²) in [6, 6.07) is 3.17. The van der Waals surface area contributed by atoms with E-state index in [4.69, 9.17) is 4.74 Å². The quantitative estimate of drug-likeness (QED) is 0.512. The van der Waals surface area contributed by atoms with Crippen LogP contribution in [0, 0.1) is 17.7 Å². The fourth-order valence-corrected chi connectivity index (χ4v) is 4.95. The van der Waals surface area contributed by atoms with Crippen LogP contribution in [0.2, 0.25) is 0 Å². The third-order valence-corrected chi connectivity index (χ3v) is 6.12. The monoisotopic (exact) mass is 405 g/mol. The molecule has 4 rings (SSSR count). The van der Waals surface area contributed by atoms with E-state index in [0.717, 1.165) is 4.90 Å². The van der Waals surface area contributed by atoms with Crippen molar-refractivity contribution in [1.29, 1.82) is 0 Å². The highest BCUT2D eigenvalue weighted by Crippen LogP contribution is 2.49. The number of nitrogens with zero attached hydrogens (tertiary/aromatic N) is 1. The molecule has 10 heteroatoms. The minimum Gasteiger partial charge on any atom is -0.550 e. The summed E-state index contributed by atoms with van der Waals surface area (Å²) in [6.45, 7) is 0.164. The molecule has 0 bridgehead atoms. The molecule has 0 aliphatic carbocycles. The van der Waals surface area contributed by atoms with Crippen LogP contribution in [0.25, 0.3) is 0 Å². The van der Waals surface area contributed by atoms with Crippen LogP contribution in [-0.2, 0) is 29.5 Å². The number of nitrogens with two attached hydrogens (primary N) is 1. The molecule has 3 aliphatic heterocycles. The van der Waals surface area contributed by atoms with Gasteiger partial charge in [0, 0.05) is 25.1 Å². The molecule has 154 valence electrons. The highest BCUT2D eigenvalue weighted by Gasteiger charge is 2.74. The Balaban J connectivity index is 1.81. The maximum atomic E-state index is 14.0. The van der Waals surface area contributed by atoms with Gasteiger partial charge in [-0.05, 0) is 24.6 Å². The maximum absolute atomic E-state index is 14.0. The third kappa shape index (κ3) is 2.74. The lowest BCUT2D eigenvalue weighted by Crippen LogP contribution is -2.99. The largest absolute Gasteiger partial charge is 0.550 e. The number of anilines is 1. The van der Waals surface area contributed by atoms with Gasteiger partial charge in [-0.3, -0.25) is 19.3 Å². The van der Waals surface area contributed by atoms with Crippen molar-refractivity contribution < 1.29 is 38.7 Å². The molecular weight excluding hydrogens is 385 g/mol. The zero-order chi connectivity index (χ0) is 20.9. The molecule has 9 nitrogen and oxygen atoms in total. The Labute approximate surface area is 165 Å². The van der Waals surface area contributed by atoms with Crippen LogP contribution in [0.5, 0.6) is 0 Å². The van der Waals surface area contributed by atoms with E-state index in [9.17, 15) is 28.7 Å². The van der Waals surface area contributed by atoms with Crippen molar-refractivity contribution in [3.05, 3.63) is 29.6 Å². The third-order valence-electron chi connectivity index (χ3n) is 6.12. The molecule has 3 aliphatic rings. The van der Waals surface area contributed by atoms with Crippen molar-refractivity contribution in [2.24, 2.45) is 11.8 Å². The number of carbonyl (C=O) groups is 4. The number of benzene rings is 1. The average molecular weight is 405 g/mol. The average Bonchev–Trinajstić information content (AvgIpc) is 3.24. The molecule has 29 heavy (non-hydrogen) atoms. The number of methoxy groups -OCH3 is 1. The first kappa shape index (κ1) is 19.5. The number of aliphatic carboxylic acids is 1.